The summed E-state index contributed by atoms with van der Waals surface area (Å²) in [5.41, 5.74) is 0. The van der Waals surface area contributed by atoms with Crippen molar-refractivity contribution in [1.29, 1.82) is 0 Å². The molecule has 112 valence electrons. The van der Waals surface area contributed by atoms with E-state index in [2.05, 4.69) is 27.1 Å². The van der Waals surface area contributed by atoms with Crippen LogP contribution in [0.2, 0.25) is 0 Å². The number of nitrogens with zero attached hydrogens (tertiary/aromatic N) is 3. The minimum Gasteiger partial charge on any atom is -0.475 e. The molecule has 1 aliphatic rings. The van der Waals surface area contributed by atoms with Crippen LogP contribution in [0.15, 0.2) is 12.3 Å². The van der Waals surface area contributed by atoms with Crippen LogP contribution in [0, 0.1) is 0 Å². The second-order valence-corrected chi connectivity index (χ2v) is 5.56. The highest BCUT2D eigenvalue weighted by atomic mass is 16.5. The van der Waals surface area contributed by atoms with Crippen LogP contribution in [0.1, 0.15) is 40.0 Å². The van der Waals surface area contributed by atoms with Crippen molar-refractivity contribution >= 4 is 5.95 Å². The molecule has 1 aromatic rings. The van der Waals surface area contributed by atoms with Crippen LogP contribution in [-0.4, -0.2) is 41.7 Å². The fraction of sp³-hybridized carbons (Fsp3) is 0.733. The highest BCUT2D eigenvalue weighted by Gasteiger charge is 2.26. The first-order valence-electron chi connectivity index (χ1n) is 7.67. The van der Waals surface area contributed by atoms with E-state index in [4.69, 9.17) is 4.74 Å². The molecule has 2 heterocycles. The average molecular weight is 278 g/mol. The molecule has 1 unspecified atom stereocenters. The quantitative estimate of drug-likeness (QED) is 0.775. The molecule has 1 N–H and O–H groups in total. The van der Waals surface area contributed by atoms with E-state index in [9.17, 15) is 0 Å². The number of hydrogen-bond acceptors (Lipinski definition) is 5. The number of anilines is 1. The zero-order chi connectivity index (χ0) is 14.4. The maximum absolute atomic E-state index is 5.65. The van der Waals surface area contributed by atoms with E-state index in [0.717, 1.165) is 25.6 Å². The van der Waals surface area contributed by atoms with Gasteiger partial charge in [0.1, 0.15) is 0 Å². The molecule has 0 amide bonds. The number of nitrogens with one attached hydrogen (secondary N) is 1. The van der Waals surface area contributed by atoms with Crippen molar-refractivity contribution in [1.82, 2.24) is 15.3 Å². The summed E-state index contributed by atoms with van der Waals surface area (Å²) in [6, 6.07) is 2.32. The molecular formula is C15H26N4O. The minimum absolute atomic E-state index is 0.137. The first kappa shape index (κ1) is 15.0. The third-order valence-electron chi connectivity index (χ3n) is 3.41. The van der Waals surface area contributed by atoms with E-state index >= 15 is 0 Å². The van der Waals surface area contributed by atoms with E-state index in [0.29, 0.717) is 11.9 Å². The minimum atomic E-state index is 0.137. The lowest BCUT2D eigenvalue weighted by atomic mass is 10.2. The van der Waals surface area contributed by atoms with E-state index in [1.54, 1.807) is 6.20 Å². The molecule has 0 spiro atoms. The van der Waals surface area contributed by atoms with Crippen molar-refractivity contribution in [2.75, 3.05) is 24.5 Å². The molecule has 5 heteroatoms. The molecule has 0 aromatic carbocycles. The van der Waals surface area contributed by atoms with Crippen LogP contribution in [0.4, 0.5) is 5.95 Å². The van der Waals surface area contributed by atoms with Crippen LogP contribution in [0.5, 0.6) is 5.88 Å². The third-order valence-corrected chi connectivity index (χ3v) is 3.41. The normalized spacial score (nSPS) is 18.8. The van der Waals surface area contributed by atoms with Gasteiger partial charge in [-0.3, -0.25) is 0 Å². The Labute approximate surface area is 121 Å². The van der Waals surface area contributed by atoms with Crippen molar-refractivity contribution in [3.05, 3.63) is 12.3 Å². The summed E-state index contributed by atoms with van der Waals surface area (Å²) < 4.78 is 5.65. The molecule has 1 aromatic heterocycles. The standard InChI is InChI=1S/C15H26N4O/c1-4-8-16-11-13-6-5-10-19(13)15-17-9-7-14(18-15)20-12(2)3/h7,9,12-13,16H,4-6,8,10-11H2,1-3H3. The zero-order valence-electron chi connectivity index (χ0n) is 12.8. The molecule has 0 saturated carbocycles. The Morgan fingerprint density at radius 3 is 3.10 bits per heavy atom. The molecular weight excluding hydrogens is 252 g/mol. The highest BCUT2D eigenvalue weighted by molar-refractivity contribution is 5.35. The Morgan fingerprint density at radius 1 is 1.50 bits per heavy atom. The predicted molar refractivity (Wildman–Crippen MR) is 81.3 cm³/mol. The van der Waals surface area contributed by atoms with E-state index in [1.165, 1.54) is 19.3 Å². The maximum atomic E-state index is 5.65. The highest BCUT2D eigenvalue weighted by Crippen LogP contribution is 2.23. The van der Waals surface area contributed by atoms with Crippen LogP contribution in [-0.2, 0) is 0 Å². The molecule has 0 radical (unpaired) electrons. The molecule has 1 saturated heterocycles. The Morgan fingerprint density at radius 2 is 2.35 bits per heavy atom. The second kappa shape index (κ2) is 7.43. The second-order valence-electron chi connectivity index (χ2n) is 5.56. The number of ether oxygens (including phenoxy) is 1. The summed E-state index contributed by atoms with van der Waals surface area (Å²) >= 11 is 0. The van der Waals surface area contributed by atoms with Gasteiger partial charge in [0.05, 0.1) is 6.10 Å². The van der Waals surface area contributed by atoms with Crippen molar-refractivity contribution in [2.24, 2.45) is 0 Å². The summed E-state index contributed by atoms with van der Waals surface area (Å²) in [7, 11) is 0. The SMILES string of the molecule is CCCNCC1CCCN1c1nccc(OC(C)C)n1. The fourth-order valence-electron chi connectivity index (χ4n) is 2.53. The maximum Gasteiger partial charge on any atom is 0.228 e. The van der Waals surface area contributed by atoms with Gasteiger partial charge in [0.2, 0.25) is 11.8 Å². The summed E-state index contributed by atoms with van der Waals surface area (Å²) in [5, 5.41) is 3.50. The molecule has 2 rings (SSSR count). The van der Waals surface area contributed by atoms with Crippen molar-refractivity contribution < 1.29 is 4.74 Å². The molecule has 1 aliphatic heterocycles. The van der Waals surface area contributed by atoms with Crippen LogP contribution in [0.25, 0.3) is 0 Å². The monoisotopic (exact) mass is 278 g/mol. The Kier molecular flexibility index (Phi) is 5.59. The van der Waals surface area contributed by atoms with Crippen LogP contribution < -0.4 is 15.0 Å². The Balaban J connectivity index is 2.01. The van der Waals surface area contributed by atoms with Crippen LogP contribution >= 0.6 is 0 Å². The van der Waals surface area contributed by atoms with Gasteiger partial charge in [-0.15, -0.1) is 0 Å². The average Bonchev–Trinajstić information content (AvgIpc) is 2.87. The third kappa shape index (κ3) is 4.07. The van der Waals surface area contributed by atoms with Gasteiger partial charge in [0, 0.05) is 31.4 Å². The molecule has 1 fully saturated rings. The van der Waals surface area contributed by atoms with Gasteiger partial charge in [-0.2, -0.15) is 4.98 Å². The Bertz CT molecular complexity index is 411. The molecule has 5 nitrogen and oxygen atoms in total. The van der Waals surface area contributed by atoms with Gasteiger partial charge >= 0.3 is 0 Å². The molecule has 20 heavy (non-hydrogen) atoms. The van der Waals surface area contributed by atoms with E-state index < -0.39 is 0 Å². The summed E-state index contributed by atoms with van der Waals surface area (Å²) in [4.78, 5) is 11.3. The number of rotatable bonds is 7. The first-order valence-corrected chi connectivity index (χ1v) is 7.67. The molecule has 1 atom stereocenters. The van der Waals surface area contributed by atoms with Gasteiger partial charge in [0.25, 0.3) is 0 Å². The van der Waals surface area contributed by atoms with Gasteiger partial charge in [-0.1, -0.05) is 6.92 Å². The summed E-state index contributed by atoms with van der Waals surface area (Å²) in [6.07, 6.45) is 5.50. The van der Waals surface area contributed by atoms with Crippen molar-refractivity contribution in [2.45, 2.75) is 52.2 Å². The van der Waals surface area contributed by atoms with E-state index in [-0.39, 0.29) is 6.10 Å². The molecule has 0 bridgehead atoms. The van der Waals surface area contributed by atoms with Crippen LogP contribution in [0.3, 0.4) is 0 Å². The summed E-state index contributed by atoms with van der Waals surface area (Å²) in [6.45, 7) is 9.32. The lowest BCUT2D eigenvalue weighted by Crippen LogP contribution is -2.39. The zero-order valence-corrected chi connectivity index (χ0v) is 12.8. The van der Waals surface area contributed by atoms with Gasteiger partial charge in [-0.05, 0) is 39.7 Å². The van der Waals surface area contributed by atoms with Crippen molar-refractivity contribution in [3.8, 4) is 5.88 Å². The number of aromatic nitrogens is 2. The van der Waals surface area contributed by atoms with Gasteiger partial charge < -0.3 is 15.0 Å². The molecule has 0 aliphatic carbocycles. The fourth-order valence-corrected chi connectivity index (χ4v) is 2.53. The number of hydrogen-bond donors (Lipinski definition) is 1. The van der Waals surface area contributed by atoms with Crippen molar-refractivity contribution in [3.63, 3.8) is 0 Å². The topological polar surface area (TPSA) is 50.3 Å². The lowest BCUT2D eigenvalue weighted by Gasteiger charge is -2.25. The van der Waals surface area contributed by atoms with E-state index in [1.807, 2.05) is 19.9 Å². The Hall–Kier alpha value is -1.36. The van der Waals surface area contributed by atoms with Gasteiger partial charge in [0.15, 0.2) is 0 Å². The smallest absolute Gasteiger partial charge is 0.228 e. The van der Waals surface area contributed by atoms with Gasteiger partial charge in [-0.25, -0.2) is 4.98 Å². The largest absolute Gasteiger partial charge is 0.475 e. The lowest BCUT2D eigenvalue weighted by molar-refractivity contribution is 0.232. The first-order chi connectivity index (χ1) is 9.70. The predicted octanol–water partition coefficient (Wildman–Crippen LogP) is 2.23. The summed E-state index contributed by atoms with van der Waals surface area (Å²) in [5.74, 6) is 1.46.